The molecule has 0 saturated carbocycles. The van der Waals surface area contributed by atoms with Gasteiger partial charge >= 0.3 is 14.1 Å². The Morgan fingerprint density at radius 1 is 0.559 bits per heavy atom. The summed E-state index contributed by atoms with van der Waals surface area (Å²) in [7, 11) is 0. The summed E-state index contributed by atoms with van der Waals surface area (Å²) in [6.07, 6.45) is 2.54. The summed E-state index contributed by atoms with van der Waals surface area (Å²) >= 11 is -1.48. The van der Waals surface area contributed by atoms with Crippen molar-refractivity contribution in [3.63, 3.8) is 0 Å². The first-order valence-corrected chi connectivity index (χ1v) is 14.7. The largest absolute Gasteiger partial charge is 0.325 e. The topological polar surface area (TPSA) is 0 Å². The molecule has 0 nitrogen and oxygen atoms in total. The van der Waals surface area contributed by atoms with Gasteiger partial charge in [0, 0.05) is 0 Å². The van der Waals surface area contributed by atoms with E-state index in [0.29, 0.717) is 5.92 Å². The van der Waals surface area contributed by atoms with Gasteiger partial charge in [0.05, 0.1) is 0 Å². The molecule has 34 heavy (non-hydrogen) atoms. The molecule has 0 radical (unpaired) electrons. The molecule has 1 saturated heterocycles. The van der Waals surface area contributed by atoms with E-state index in [2.05, 4.69) is 125 Å². The molecule has 1 heterocycles. The molecule has 1 aliphatic rings. The molecule has 5 rings (SSSR count). The lowest BCUT2D eigenvalue weighted by Gasteiger charge is -2.50. The summed E-state index contributed by atoms with van der Waals surface area (Å²) in [5.74, 6) is 0.477. The van der Waals surface area contributed by atoms with Crippen molar-refractivity contribution in [1.82, 2.24) is 0 Å². The Labute approximate surface area is 210 Å². The third kappa shape index (κ3) is 4.18. The first-order valence-electron chi connectivity index (χ1n) is 12.8. The van der Waals surface area contributed by atoms with E-state index in [4.69, 9.17) is 0 Å². The summed E-state index contributed by atoms with van der Waals surface area (Å²) in [4.78, 5) is 0. The second-order valence-corrected chi connectivity index (χ2v) is 13.7. The van der Waals surface area contributed by atoms with E-state index in [1.54, 1.807) is 4.43 Å². The molecular weight excluding hydrogens is 423 g/mol. The summed E-state index contributed by atoms with van der Waals surface area (Å²) in [5.41, 5.74) is 9.85. The maximum Gasteiger partial charge on any atom is 0.325 e. The fourth-order valence-corrected chi connectivity index (χ4v) is 11.0. The third-order valence-electron chi connectivity index (χ3n) is 8.10. The van der Waals surface area contributed by atoms with Gasteiger partial charge in [-0.1, -0.05) is 131 Å². The van der Waals surface area contributed by atoms with Crippen LogP contribution in [0.2, 0.25) is 5.28 Å². The highest BCUT2D eigenvalue weighted by Gasteiger charge is 2.54. The predicted molar refractivity (Wildman–Crippen MR) is 148 cm³/mol. The molecule has 0 aromatic heterocycles. The monoisotopic (exact) mass is 458 g/mol. The molecule has 0 bridgehead atoms. The molecule has 0 N–H and O–H groups in total. The van der Waals surface area contributed by atoms with Crippen molar-refractivity contribution < 1.29 is 0 Å². The summed E-state index contributed by atoms with van der Waals surface area (Å²) in [6, 6.07) is 38.0. The average Bonchev–Trinajstić information content (AvgIpc) is 2.86. The Kier molecular flexibility index (Phi) is 6.53. The third-order valence-corrected chi connectivity index (χ3v) is 12.4. The van der Waals surface area contributed by atoms with Crippen molar-refractivity contribution in [2.24, 2.45) is 0 Å². The van der Waals surface area contributed by atoms with Gasteiger partial charge in [0.15, 0.2) is 0 Å². The van der Waals surface area contributed by atoms with Crippen LogP contribution in [0, 0.1) is 27.7 Å². The second-order valence-electron chi connectivity index (χ2n) is 10.5. The maximum absolute atomic E-state index is 2.45. The molecule has 1 unspecified atom stereocenters. The van der Waals surface area contributed by atoms with Crippen LogP contribution >= 0.6 is 0 Å². The first-order chi connectivity index (χ1) is 16.5. The highest BCUT2D eigenvalue weighted by molar-refractivity contribution is 6.77. The van der Waals surface area contributed by atoms with Crippen molar-refractivity contribution in [2.45, 2.75) is 56.0 Å². The summed E-state index contributed by atoms with van der Waals surface area (Å²) < 4.78 is 1.62. The molecule has 1 aliphatic heterocycles. The lowest BCUT2D eigenvalue weighted by molar-refractivity contribution is 0.466. The molecule has 0 amide bonds. The van der Waals surface area contributed by atoms with Crippen molar-refractivity contribution in [2.75, 3.05) is 0 Å². The maximum atomic E-state index is 2.45. The zero-order chi connectivity index (χ0) is 23.7. The smallest absolute Gasteiger partial charge is 0.109 e. The van der Waals surface area contributed by atoms with E-state index < -0.39 is 14.1 Å². The van der Waals surface area contributed by atoms with Crippen LogP contribution in [0.1, 0.15) is 57.7 Å². The Morgan fingerprint density at radius 3 is 1.44 bits per heavy atom. The normalized spacial score (nSPS) is 17.5. The Balaban J connectivity index is 1.83. The Bertz CT molecular complexity index is 1130. The van der Waals surface area contributed by atoms with Crippen LogP contribution in [-0.4, -0.2) is 14.1 Å². The molecule has 1 heteroatoms. The van der Waals surface area contributed by atoms with Crippen molar-refractivity contribution >= 4 is 18.6 Å². The van der Waals surface area contributed by atoms with Crippen LogP contribution in [0.3, 0.4) is 0 Å². The SMILES string of the molecule is Cc1ccc(C2CC[CH2][Al]([c]3ccc(C)cc3)[C]2(c2ccc(C)cc2)c2ccc(C)cc2)cc1. The van der Waals surface area contributed by atoms with Crippen molar-refractivity contribution in [3.8, 4) is 0 Å². The van der Waals surface area contributed by atoms with Gasteiger partial charge in [-0.25, -0.2) is 0 Å². The molecule has 1 fully saturated rings. The van der Waals surface area contributed by atoms with Gasteiger partial charge in [0.2, 0.25) is 0 Å². The molecule has 1 atom stereocenters. The number of hydrogen-bond acceptors (Lipinski definition) is 0. The van der Waals surface area contributed by atoms with Crippen LogP contribution in [-0.2, 0) is 4.28 Å². The number of rotatable bonds is 4. The van der Waals surface area contributed by atoms with E-state index in [-0.39, 0.29) is 4.28 Å². The molecule has 4 aromatic carbocycles. The number of benzene rings is 4. The molecule has 0 spiro atoms. The van der Waals surface area contributed by atoms with Gasteiger partial charge in [0.1, 0.15) is 0 Å². The molecule has 170 valence electrons. The molecule has 4 aromatic rings. The van der Waals surface area contributed by atoms with Crippen LogP contribution < -0.4 is 4.43 Å². The number of hydrogen-bond donors (Lipinski definition) is 0. The van der Waals surface area contributed by atoms with Gasteiger partial charge in [-0.2, -0.15) is 0 Å². The van der Waals surface area contributed by atoms with Crippen LogP contribution in [0.15, 0.2) is 97.1 Å². The van der Waals surface area contributed by atoms with Gasteiger partial charge < -0.3 is 0 Å². The van der Waals surface area contributed by atoms with E-state index in [1.165, 1.54) is 57.1 Å². The summed E-state index contributed by atoms with van der Waals surface area (Å²) in [6.45, 7) is 8.81. The lowest BCUT2D eigenvalue weighted by Crippen LogP contribution is -2.57. The Hall–Kier alpha value is -2.59. The second kappa shape index (κ2) is 9.58. The average molecular weight is 459 g/mol. The van der Waals surface area contributed by atoms with E-state index in [0.717, 1.165) is 0 Å². The zero-order valence-electron chi connectivity index (χ0n) is 21.0. The first kappa shape index (κ1) is 23.2. The fourth-order valence-electron chi connectivity index (χ4n) is 6.31. The van der Waals surface area contributed by atoms with E-state index in [1.807, 2.05) is 0 Å². The van der Waals surface area contributed by atoms with E-state index in [9.17, 15) is 0 Å². The fraction of sp³-hybridized carbons (Fsp3) is 0.273. The Morgan fingerprint density at radius 2 is 0.971 bits per heavy atom. The molecule has 0 aliphatic carbocycles. The minimum atomic E-state index is -1.48. The van der Waals surface area contributed by atoms with Gasteiger partial charge in [0.25, 0.3) is 0 Å². The highest BCUT2D eigenvalue weighted by atomic mass is 27.2. The van der Waals surface area contributed by atoms with Crippen LogP contribution in [0.5, 0.6) is 0 Å². The highest BCUT2D eigenvalue weighted by Crippen LogP contribution is 2.53. The van der Waals surface area contributed by atoms with Gasteiger partial charge in [-0.05, 0) is 61.0 Å². The number of aryl methyl sites for hydroxylation is 4. The molecular formula is C33H35Al. The van der Waals surface area contributed by atoms with Crippen molar-refractivity contribution in [1.29, 1.82) is 0 Å². The van der Waals surface area contributed by atoms with Crippen LogP contribution in [0.4, 0.5) is 0 Å². The van der Waals surface area contributed by atoms with Gasteiger partial charge in [-0.15, -0.1) is 4.43 Å². The standard InChI is InChI=1S/C26H28.C7H7.Al/c1-5-6-25(22-13-7-19(2)8-14-22)26(23-15-9-20(3)10-16-23)24-17-11-21(4)12-18-24;1-7-5-3-2-4-6-7;/h7-18,25H,1,5-6H2,2-4H3;3-6H,1H3;. The zero-order valence-corrected chi connectivity index (χ0v) is 22.2. The van der Waals surface area contributed by atoms with Crippen LogP contribution in [0.25, 0.3) is 0 Å². The van der Waals surface area contributed by atoms with E-state index >= 15 is 0 Å². The minimum Gasteiger partial charge on any atom is -0.109 e. The lowest BCUT2D eigenvalue weighted by atomic mass is 9.73. The van der Waals surface area contributed by atoms with Gasteiger partial charge in [-0.3, -0.25) is 0 Å². The minimum absolute atomic E-state index is 0.0180. The summed E-state index contributed by atoms with van der Waals surface area (Å²) in [5, 5.41) is 1.34. The quantitative estimate of drug-likeness (QED) is 0.275. The van der Waals surface area contributed by atoms with Crippen molar-refractivity contribution in [3.05, 3.63) is 136 Å². The predicted octanol–water partition coefficient (Wildman–Crippen LogP) is 7.73.